The molecule has 1 heterocycles. The van der Waals surface area contributed by atoms with E-state index >= 15 is 0 Å². The standard InChI is InChI=1S/C17H20N2O4S/c1-3-22-16(20)12-19(2)24-14-8-6-13(7-9-14)11-18-17(21)15-5-4-10-23-15/h4-10H,3,11-12H2,1-2H3,(H,18,21). The van der Waals surface area contributed by atoms with Gasteiger partial charge in [-0.25, -0.2) is 4.31 Å². The zero-order valence-electron chi connectivity index (χ0n) is 13.7. The number of furan rings is 1. The van der Waals surface area contributed by atoms with E-state index in [2.05, 4.69) is 5.32 Å². The molecule has 0 aliphatic carbocycles. The summed E-state index contributed by atoms with van der Waals surface area (Å²) in [6.45, 7) is 2.81. The second kappa shape index (κ2) is 9.14. The maximum atomic E-state index is 11.8. The average molecular weight is 348 g/mol. The van der Waals surface area contributed by atoms with Crippen molar-refractivity contribution in [2.45, 2.75) is 18.4 Å². The average Bonchev–Trinajstić information content (AvgIpc) is 3.08. The van der Waals surface area contributed by atoms with Crippen LogP contribution in [-0.2, 0) is 16.1 Å². The second-order valence-electron chi connectivity index (χ2n) is 4.99. The van der Waals surface area contributed by atoms with Gasteiger partial charge in [-0.05, 0) is 55.7 Å². The third-order valence-corrected chi connectivity index (χ3v) is 3.96. The van der Waals surface area contributed by atoms with Crippen LogP contribution in [0.4, 0.5) is 0 Å². The second-order valence-corrected chi connectivity index (χ2v) is 6.26. The molecule has 1 aromatic heterocycles. The highest BCUT2D eigenvalue weighted by Crippen LogP contribution is 2.21. The number of carbonyl (C=O) groups is 2. The topological polar surface area (TPSA) is 71.8 Å². The first-order valence-electron chi connectivity index (χ1n) is 7.54. The molecule has 6 nitrogen and oxygen atoms in total. The molecule has 24 heavy (non-hydrogen) atoms. The first-order valence-corrected chi connectivity index (χ1v) is 8.31. The normalized spacial score (nSPS) is 10.6. The van der Waals surface area contributed by atoms with Crippen molar-refractivity contribution in [3.05, 3.63) is 54.0 Å². The van der Waals surface area contributed by atoms with Crippen LogP contribution in [-0.4, -0.2) is 36.4 Å². The van der Waals surface area contributed by atoms with Crippen molar-refractivity contribution in [1.29, 1.82) is 0 Å². The number of esters is 1. The molecule has 0 aliphatic heterocycles. The largest absolute Gasteiger partial charge is 0.465 e. The lowest BCUT2D eigenvalue weighted by Crippen LogP contribution is -2.22. The van der Waals surface area contributed by atoms with Gasteiger partial charge in [-0.3, -0.25) is 9.59 Å². The molecular formula is C17H20N2O4S. The predicted molar refractivity (Wildman–Crippen MR) is 91.4 cm³/mol. The Morgan fingerprint density at radius 2 is 2.00 bits per heavy atom. The zero-order chi connectivity index (χ0) is 17.4. The van der Waals surface area contributed by atoms with E-state index < -0.39 is 0 Å². The molecule has 1 amide bonds. The van der Waals surface area contributed by atoms with Gasteiger partial charge in [-0.2, -0.15) is 0 Å². The highest BCUT2D eigenvalue weighted by Gasteiger charge is 2.09. The molecule has 0 atom stereocenters. The Bertz CT molecular complexity index is 656. The lowest BCUT2D eigenvalue weighted by Gasteiger charge is -2.14. The number of hydrogen-bond donors (Lipinski definition) is 1. The number of ether oxygens (including phenoxy) is 1. The van der Waals surface area contributed by atoms with Gasteiger partial charge in [0.2, 0.25) is 0 Å². The van der Waals surface area contributed by atoms with E-state index in [1.54, 1.807) is 19.1 Å². The molecule has 1 N–H and O–H groups in total. The maximum absolute atomic E-state index is 11.8. The molecule has 2 rings (SSSR count). The van der Waals surface area contributed by atoms with Gasteiger partial charge >= 0.3 is 5.97 Å². The summed E-state index contributed by atoms with van der Waals surface area (Å²) in [5.74, 6) is -0.194. The molecule has 128 valence electrons. The number of nitrogens with zero attached hydrogens (tertiary/aromatic N) is 1. The number of amides is 1. The Balaban J connectivity index is 1.80. The van der Waals surface area contributed by atoms with E-state index in [4.69, 9.17) is 9.15 Å². The van der Waals surface area contributed by atoms with E-state index in [0.29, 0.717) is 18.9 Å². The van der Waals surface area contributed by atoms with Crippen molar-refractivity contribution in [2.24, 2.45) is 0 Å². The van der Waals surface area contributed by atoms with Gasteiger partial charge in [0.25, 0.3) is 5.91 Å². The van der Waals surface area contributed by atoms with Gasteiger partial charge in [0.15, 0.2) is 5.76 Å². The summed E-state index contributed by atoms with van der Waals surface area (Å²) in [4.78, 5) is 24.2. The fraction of sp³-hybridized carbons (Fsp3) is 0.294. The van der Waals surface area contributed by atoms with Gasteiger partial charge in [-0.1, -0.05) is 12.1 Å². The molecule has 0 saturated heterocycles. The quantitative estimate of drug-likeness (QED) is 0.584. The molecule has 0 aliphatic rings. The van der Waals surface area contributed by atoms with Gasteiger partial charge < -0.3 is 14.5 Å². The molecular weight excluding hydrogens is 328 g/mol. The third kappa shape index (κ3) is 5.75. The van der Waals surface area contributed by atoms with Gasteiger partial charge in [0.05, 0.1) is 12.9 Å². The summed E-state index contributed by atoms with van der Waals surface area (Å²) in [5, 5.41) is 2.79. The van der Waals surface area contributed by atoms with Crippen LogP contribution in [0.1, 0.15) is 23.0 Å². The molecule has 0 fully saturated rings. The monoisotopic (exact) mass is 348 g/mol. The number of rotatable bonds is 8. The maximum Gasteiger partial charge on any atom is 0.321 e. The van der Waals surface area contributed by atoms with Crippen LogP contribution in [0.25, 0.3) is 0 Å². The Morgan fingerprint density at radius 3 is 2.62 bits per heavy atom. The summed E-state index contributed by atoms with van der Waals surface area (Å²) >= 11 is 1.46. The number of nitrogens with one attached hydrogen (secondary N) is 1. The Hall–Kier alpha value is -2.25. The molecule has 1 aromatic carbocycles. The third-order valence-electron chi connectivity index (χ3n) is 3.04. The Morgan fingerprint density at radius 1 is 1.25 bits per heavy atom. The van der Waals surface area contributed by atoms with Crippen LogP contribution < -0.4 is 5.32 Å². The van der Waals surface area contributed by atoms with Crippen molar-refractivity contribution in [3.63, 3.8) is 0 Å². The fourth-order valence-corrected chi connectivity index (χ4v) is 2.73. The van der Waals surface area contributed by atoms with Crippen molar-refractivity contribution in [1.82, 2.24) is 9.62 Å². The zero-order valence-corrected chi connectivity index (χ0v) is 14.5. The minimum atomic E-state index is -0.246. The molecule has 0 spiro atoms. The highest BCUT2D eigenvalue weighted by molar-refractivity contribution is 7.97. The van der Waals surface area contributed by atoms with Crippen LogP contribution in [0.3, 0.4) is 0 Å². The molecule has 0 unspecified atom stereocenters. The van der Waals surface area contributed by atoms with Crippen molar-refractivity contribution >= 4 is 23.8 Å². The van der Waals surface area contributed by atoms with Crippen molar-refractivity contribution < 1.29 is 18.7 Å². The van der Waals surface area contributed by atoms with Crippen LogP contribution >= 0.6 is 11.9 Å². The number of hydrogen-bond acceptors (Lipinski definition) is 6. The van der Waals surface area contributed by atoms with Crippen molar-refractivity contribution in [2.75, 3.05) is 20.2 Å². The number of benzene rings is 1. The first kappa shape index (κ1) is 18.1. The SMILES string of the molecule is CCOC(=O)CN(C)Sc1ccc(CNC(=O)c2ccco2)cc1. The molecule has 0 saturated carbocycles. The number of likely N-dealkylation sites (N-methyl/N-ethyl adjacent to an activating group) is 1. The van der Waals surface area contributed by atoms with Crippen molar-refractivity contribution in [3.8, 4) is 0 Å². The van der Waals surface area contributed by atoms with Gasteiger partial charge in [0.1, 0.15) is 6.54 Å². The fourth-order valence-electron chi connectivity index (χ4n) is 1.95. The Kier molecular flexibility index (Phi) is 6.89. The lowest BCUT2D eigenvalue weighted by atomic mass is 10.2. The van der Waals surface area contributed by atoms with Gasteiger partial charge in [0, 0.05) is 11.4 Å². The summed E-state index contributed by atoms with van der Waals surface area (Å²) in [7, 11) is 1.83. The van der Waals surface area contributed by atoms with E-state index in [9.17, 15) is 9.59 Å². The molecule has 0 radical (unpaired) electrons. The van der Waals surface area contributed by atoms with Crippen LogP contribution in [0, 0.1) is 0 Å². The minimum absolute atomic E-state index is 0.222. The molecule has 7 heteroatoms. The summed E-state index contributed by atoms with van der Waals surface area (Å²) in [5.41, 5.74) is 0.979. The molecule has 2 aromatic rings. The highest BCUT2D eigenvalue weighted by atomic mass is 32.2. The van der Waals surface area contributed by atoms with Crippen LogP contribution in [0.5, 0.6) is 0 Å². The van der Waals surface area contributed by atoms with Crippen LogP contribution in [0.15, 0.2) is 52.0 Å². The minimum Gasteiger partial charge on any atom is -0.465 e. The summed E-state index contributed by atoms with van der Waals surface area (Å²) in [6.07, 6.45) is 1.47. The summed E-state index contributed by atoms with van der Waals surface area (Å²) < 4.78 is 11.8. The predicted octanol–water partition coefficient (Wildman–Crippen LogP) is 2.71. The lowest BCUT2D eigenvalue weighted by molar-refractivity contribution is -0.142. The molecule has 0 bridgehead atoms. The smallest absolute Gasteiger partial charge is 0.321 e. The van der Waals surface area contributed by atoms with E-state index in [1.807, 2.05) is 35.6 Å². The van der Waals surface area contributed by atoms with E-state index in [-0.39, 0.29) is 18.4 Å². The van der Waals surface area contributed by atoms with Gasteiger partial charge in [-0.15, -0.1) is 0 Å². The first-order chi connectivity index (χ1) is 11.6. The van der Waals surface area contributed by atoms with E-state index in [0.717, 1.165) is 10.5 Å². The summed E-state index contributed by atoms with van der Waals surface area (Å²) in [6, 6.07) is 11.1. The number of carbonyl (C=O) groups excluding carboxylic acids is 2. The van der Waals surface area contributed by atoms with E-state index in [1.165, 1.54) is 18.2 Å². The van der Waals surface area contributed by atoms with Crippen LogP contribution in [0.2, 0.25) is 0 Å². The Labute approximate surface area is 145 Å².